The predicted octanol–water partition coefficient (Wildman–Crippen LogP) is 6.01. The Bertz CT molecular complexity index is 653. The standard InChI is InChI=1S/C23H34S/c1-10-7-8-15-20-16(11(2)9-23(15,6)24)12(3)13(4)18-14(5)19-17(10)21(19)22(18)20/h8,10-14,16-18,20,22,24H,7,9H2,1-6H3/b15-8-. The number of rotatable bonds is 0. The molecular formula is C23H34S. The molecule has 5 rings (SSSR count). The van der Waals surface area contributed by atoms with Gasteiger partial charge in [-0.1, -0.05) is 57.4 Å². The van der Waals surface area contributed by atoms with E-state index in [9.17, 15) is 0 Å². The molecule has 0 heterocycles. The van der Waals surface area contributed by atoms with Gasteiger partial charge < -0.3 is 0 Å². The second-order valence-corrected chi connectivity index (χ2v) is 11.4. The maximum absolute atomic E-state index is 5.23. The Morgan fingerprint density at radius 1 is 0.917 bits per heavy atom. The molecule has 2 saturated carbocycles. The number of thiol groups is 1. The molecule has 5 aliphatic rings. The lowest BCUT2D eigenvalue weighted by molar-refractivity contribution is -0.0333. The van der Waals surface area contributed by atoms with Crippen molar-refractivity contribution in [2.75, 3.05) is 0 Å². The topological polar surface area (TPSA) is 0 Å². The highest BCUT2D eigenvalue weighted by molar-refractivity contribution is 7.82. The fourth-order valence-electron chi connectivity index (χ4n) is 8.36. The quantitative estimate of drug-likeness (QED) is 0.404. The number of allylic oxidation sites excluding steroid dienone is 3. The van der Waals surface area contributed by atoms with Crippen LogP contribution < -0.4 is 0 Å². The van der Waals surface area contributed by atoms with Crippen molar-refractivity contribution in [3.05, 3.63) is 22.8 Å². The van der Waals surface area contributed by atoms with Gasteiger partial charge >= 0.3 is 0 Å². The van der Waals surface area contributed by atoms with Gasteiger partial charge in [-0.05, 0) is 73.0 Å². The van der Waals surface area contributed by atoms with Crippen molar-refractivity contribution in [2.24, 2.45) is 59.2 Å². The molecule has 11 atom stereocenters. The molecule has 24 heavy (non-hydrogen) atoms. The molecule has 0 aromatic rings. The van der Waals surface area contributed by atoms with E-state index in [-0.39, 0.29) is 4.75 Å². The summed E-state index contributed by atoms with van der Waals surface area (Å²) in [6, 6.07) is 0. The summed E-state index contributed by atoms with van der Waals surface area (Å²) in [7, 11) is 0. The molecule has 0 saturated heterocycles. The van der Waals surface area contributed by atoms with Crippen LogP contribution in [-0.4, -0.2) is 4.75 Å². The third-order valence-electron chi connectivity index (χ3n) is 9.24. The molecular weight excluding hydrogens is 308 g/mol. The zero-order valence-electron chi connectivity index (χ0n) is 16.2. The van der Waals surface area contributed by atoms with E-state index < -0.39 is 0 Å². The van der Waals surface area contributed by atoms with E-state index in [0.29, 0.717) is 0 Å². The van der Waals surface area contributed by atoms with Gasteiger partial charge in [-0.3, -0.25) is 0 Å². The molecule has 2 fully saturated rings. The molecule has 5 aliphatic carbocycles. The van der Waals surface area contributed by atoms with Gasteiger partial charge in [0.05, 0.1) is 0 Å². The van der Waals surface area contributed by atoms with Crippen molar-refractivity contribution < 1.29 is 0 Å². The zero-order chi connectivity index (χ0) is 17.1. The highest BCUT2D eigenvalue weighted by Crippen LogP contribution is 2.73. The van der Waals surface area contributed by atoms with Gasteiger partial charge in [0, 0.05) is 10.7 Å². The average Bonchev–Trinajstić information content (AvgIpc) is 3.14. The van der Waals surface area contributed by atoms with Crippen LogP contribution >= 0.6 is 12.6 Å². The molecule has 0 aliphatic heterocycles. The third-order valence-corrected chi connectivity index (χ3v) is 9.68. The van der Waals surface area contributed by atoms with Crippen molar-refractivity contribution in [1.29, 1.82) is 0 Å². The second kappa shape index (κ2) is 4.76. The van der Waals surface area contributed by atoms with Crippen molar-refractivity contribution in [1.82, 2.24) is 0 Å². The normalized spacial score (nSPS) is 63.2. The summed E-state index contributed by atoms with van der Waals surface area (Å²) in [4.78, 5) is 0. The highest BCUT2D eigenvalue weighted by Gasteiger charge is 2.66. The van der Waals surface area contributed by atoms with Crippen molar-refractivity contribution in [3.63, 3.8) is 0 Å². The molecule has 11 unspecified atom stereocenters. The summed E-state index contributed by atoms with van der Waals surface area (Å²) in [6.45, 7) is 15.2. The minimum absolute atomic E-state index is 0.111. The van der Waals surface area contributed by atoms with Gasteiger partial charge in [0.1, 0.15) is 0 Å². The molecule has 0 N–H and O–H groups in total. The maximum Gasteiger partial charge on any atom is 0.0315 e. The fraction of sp³-hybridized carbons (Fsp3) is 0.826. The van der Waals surface area contributed by atoms with Gasteiger partial charge in [-0.15, -0.1) is 0 Å². The summed E-state index contributed by atoms with van der Waals surface area (Å²) in [5.41, 5.74) is 5.59. The third kappa shape index (κ3) is 1.74. The Balaban J connectivity index is 1.70. The first-order valence-electron chi connectivity index (χ1n) is 10.4. The van der Waals surface area contributed by atoms with Crippen LogP contribution in [0.3, 0.4) is 0 Å². The molecule has 0 radical (unpaired) electrons. The summed E-state index contributed by atoms with van der Waals surface area (Å²) in [5.74, 6) is 8.53. The van der Waals surface area contributed by atoms with Gasteiger partial charge in [0.15, 0.2) is 0 Å². The fourth-order valence-corrected chi connectivity index (χ4v) is 8.89. The monoisotopic (exact) mass is 342 g/mol. The van der Waals surface area contributed by atoms with Crippen molar-refractivity contribution in [2.45, 2.75) is 59.1 Å². The zero-order valence-corrected chi connectivity index (χ0v) is 17.1. The van der Waals surface area contributed by atoms with Gasteiger partial charge in [-0.25, -0.2) is 0 Å². The molecule has 0 bridgehead atoms. The van der Waals surface area contributed by atoms with E-state index in [2.05, 4.69) is 47.6 Å². The highest BCUT2D eigenvalue weighted by atomic mass is 32.1. The molecule has 0 aromatic carbocycles. The van der Waals surface area contributed by atoms with Crippen LogP contribution in [0.5, 0.6) is 0 Å². The maximum atomic E-state index is 5.23. The number of hydrogen-bond acceptors (Lipinski definition) is 1. The molecule has 0 amide bonds. The summed E-state index contributed by atoms with van der Waals surface area (Å²) in [5, 5.41) is 0. The Hall–Kier alpha value is -0.170. The van der Waals surface area contributed by atoms with E-state index >= 15 is 0 Å². The molecule has 0 nitrogen and oxygen atoms in total. The predicted molar refractivity (Wildman–Crippen MR) is 105 cm³/mol. The molecule has 0 aromatic heterocycles. The van der Waals surface area contributed by atoms with Crippen LogP contribution in [0, 0.1) is 59.2 Å². The SMILES string of the molecule is CC1C/C=C2/C3C4C5=C(C(C)C4C(C)C(C)C3C(C)CC2(C)S)C51. The summed E-state index contributed by atoms with van der Waals surface area (Å²) in [6.07, 6.45) is 5.20. The molecule has 132 valence electrons. The lowest BCUT2D eigenvalue weighted by atomic mass is 9.46. The van der Waals surface area contributed by atoms with E-state index in [0.717, 1.165) is 59.2 Å². The first-order valence-corrected chi connectivity index (χ1v) is 10.9. The first-order chi connectivity index (χ1) is 11.3. The van der Waals surface area contributed by atoms with Gasteiger partial charge in [0.2, 0.25) is 0 Å². The number of hydrogen-bond donors (Lipinski definition) is 1. The lowest BCUT2D eigenvalue weighted by Crippen LogP contribution is -2.55. The van der Waals surface area contributed by atoms with Gasteiger partial charge in [-0.2, -0.15) is 12.6 Å². The van der Waals surface area contributed by atoms with E-state index in [1.165, 1.54) is 12.8 Å². The number of fused-ring (bicyclic) bond motifs is 1. The Labute approximate surface area is 154 Å². The second-order valence-electron chi connectivity index (χ2n) is 10.4. The first kappa shape index (κ1) is 16.0. The average molecular weight is 343 g/mol. The van der Waals surface area contributed by atoms with Crippen molar-refractivity contribution in [3.8, 4) is 0 Å². The van der Waals surface area contributed by atoms with Crippen molar-refractivity contribution >= 4 is 12.6 Å². The summed E-state index contributed by atoms with van der Waals surface area (Å²) < 4.78 is 0.111. The van der Waals surface area contributed by atoms with E-state index in [4.69, 9.17) is 12.6 Å². The molecule has 0 spiro atoms. The van der Waals surface area contributed by atoms with Crippen LogP contribution in [-0.2, 0) is 0 Å². The van der Waals surface area contributed by atoms with Crippen LogP contribution in [0.25, 0.3) is 0 Å². The van der Waals surface area contributed by atoms with Crippen LogP contribution in [0.4, 0.5) is 0 Å². The molecule has 1 heteroatoms. The van der Waals surface area contributed by atoms with Gasteiger partial charge in [0.25, 0.3) is 0 Å². The minimum Gasteiger partial charge on any atom is -0.168 e. The van der Waals surface area contributed by atoms with Crippen LogP contribution in [0.2, 0.25) is 0 Å². The lowest BCUT2D eigenvalue weighted by Gasteiger charge is -2.59. The smallest absolute Gasteiger partial charge is 0.0315 e. The van der Waals surface area contributed by atoms with E-state index in [1.54, 1.807) is 5.57 Å². The van der Waals surface area contributed by atoms with Crippen LogP contribution in [0.15, 0.2) is 22.8 Å². The minimum atomic E-state index is 0.111. The van der Waals surface area contributed by atoms with Crippen LogP contribution in [0.1, 0.15) is 54.4 Å². The Morgan fingerprint density at radius 3 is 2.29 bits per heavy atom. The largest absolute Gasteiger partial charge is 0.168 e. The Morgan fingerprint density at radius 2 is 1.58 bits per heavy atom. The Kier molecular flexibility index (Phi) is 3.18. The van der Waals surface area contributed by atoms with E-state index in [1.807, 2.05) is 11.1 Å². The summed E-state index contributed by atoms with van der Waals surface area (Å²) >= 11 is 5.23.